The number of anilines is 1. The summed E-state index contributed by atoms with van der Waals surface area (Å²) in [6, 6.07) is 1.54. The highest BCUT2D eigenvalue weighted by Crippen LogP contribution is 2.33. The van der Waals surface area contributed by atoms with Crippen LogP contribution < -0.4 is 5.12 Å². The number of hydrogen-bond donors (Lipinski definition) is 0. The minimum atomic E-state index is -5.28. The van der Waals surface area contributed by atoms with Gasteiger partial charge in [-0.3, -0.25) is 0 Å². The molecule has 0 aliphatic carbocycles. The third-order valence-corrected chi connectivity index (χ3v) is 1.64. The Bertz CT molecular complexity index is 350. The lowest BCUT2D eigenvalue weighted by molar-refractivity contribution is -0.157. The second-order valence-corrected chi connectivity index (χ2v) is 2.79. The average Bonchev–Trinajstić information content (AvgIpc) is 2.14. The maximum absolute atomic E-state index is 12.5. The van der Waals surface area contributed by atoms with Crippen molar-refractivity contribution in [3.8, 4) is 0 Å². The van der Waals surface area contributed by atoms with Gasteiger partial charge in [0.2, 0.25) is 0 Å². The first-order chi connectivity index (χ1) is 7.12. The summed E-state index contributed by atoms with van der Waals surface area (Å²) in [5.74, 6) is 0. The monoisotopic (exact) mass is 247 g/mol. The van der Waals surface area contributed by atoms with E-state index in [1.165, 1.54) is 0 Å². The predicted octanol–water partition coefficient (Wildman–Crippen LogP) is 3.92. The molecule has 0 aliphatic heterocycles. The highest BCUT2D eigenvalue weighted by Gasteiger charge is 2.39. The van der Waals surface area contributed by atoms with Crippen molar-refractivity contribution in [2.45, 2.75) is 12.5 Å². The van der Waals surface area contributed by atoms with Gasteiger partial charge in [0, 0.05) is 0 Å². The van der Waals surface area contributed by atoms with Crippen molar-refractivity contribution in [1.29, 1.82) is 0 Å². The summed E-state index contributed by atoms with van der Waals surface area (Å²) in [4.78, 5) is 0. The van der Waals surface area contributed by atoms with Gasteiger partial charge in [-0.1, -0.05) is 4.48 Å². The van der Waals surface area contributed by atoms with Crippen molar-refractivity contribution < 1.29 is 30.8 Å². The topological polar surface area (TPSA) is 3.24 Å². The Balaban J connectivity index is 2.96. The van der Waals surface area contributed by atoms with Crippen LogP contribution in [-0.4, -0.2) is 6.30 Å². The normalized spacial score (nSPS) is 12.7. The van der Waals surface area contributed by atoms with Crippen LogP contribution in [0.15, 0.2) is 24.3 Å². The second-order valence-electron chi connectivity index (χ2n) is 2.79. The van der Waals surface area contributed by atoms with Crippen LogP contribution >= 0.6 is 0 Å². The van der Waals surface area contributed by atoms with Crippen LogP contribution in [0, 0.1) is 0 Å². The van der Waals surface area contributed by atoms with Crippen LogP contribution in [-0.2, 0) is 6.18 Å². The molecule has 0 spiro atoms. The standard InChI is InChI=1S/C8H4F7N/c9-7(10,11)5-1-3-6(4-2-5)16(15)8(12,13)14/h1-4H. The smallest absolute Gasteiger partial charge is 0.166 e. The molecule has 1 aromatic carbocycles. The van der Waals surface area contributed by atoms with Crippen LogP contribution in [0.1, 0.15) is 5.56 Å². The molecular weight excluding hydrogens is 243 g/mol. The van der Waals surface area contributed by atoms with E-state index in [1.54, 1.807) is 0 Å². The third-order valence-electron chi connectivity index (χ3n) is 1.64. The van der Waals surface area contributed by atoms with Crippen LogP contribution in [0.25, 0.3) is 0 Å². The van der Waals surface area contributed by atoms with E-state index >= 15 is 0 Å². The van der Waals surface area contributed by atoms with Crippen molar-refractivity contribution in [3.05, 3.63) is 29.8 Å². The van der Waals surface area contributed by atoms with Crippen LogP contribution in [0.4, 0.5) is 36.5 Å². The van der Waals surface area contributed by atoms with Gasteiger partial charge in [-0.15, -0.1) is 18.3 Å². The molecule has 90 valence electrons. The highest BCUT2D eigenvalue weighted by atomic mass is 19.4. The molecule has 0 bridgehead atoms. The zero-order valence-corrected chi connectivity index (χ0v) is 7.40. The van der Waals surface area contributed by atoms with Gasteiger partial charge in [0.05, 0.1) is 11.3 Å². The zero-order valence-electron chi connectivity index (χ0n) is 7.40. The van der Waals surface area contributed by atoms with Gasteiger partial charge < -0.3 is 0 Å². The molecule has 0 aliphatic rings. The molecule has 1 aromatic rings. The van der Waals surface area contributed by atoms with E-state index in [0.717, 1.165) is 0 Å². The summed E-state index contributed by atoms with van der Waals surface area (Å²) < 4.78 is 84.0. The fourth-order valence-electron chi connectivity index (χ4n) is 0.928. The lowest BCUT2D eigenvalue weighted by atomic mass is 10.2. The first kappa shape index (κ1) is 12.6. The number of halogens is 7. The molecule has 1 nitrogen and oxygen atoms in total. The number of hydrogen-bond acceptors (Lipinski definition) is 1. The average molecular weight is 247 g/mol. The lowest BCUT2D eigenvalue weighted by Crippen LogP contribution is -2.30. The molecule has 0 saturated carbocycles. The summed E-state index contributed by atoms with van der Waals surface area (Å²) in [6.45, 7) is 0. The van der Waals surface area contributed by atoms with Crippen LogP contribution in [0.5, 0.6) is 0 Å². The summed E-state index contributed by atoms with van der Waals surface area (Å²) in [5.41, 5.74) is -2.16. The van der Waals surface area contributed by atoms with Crippen molar-refractivity contribution in [3.63, 3.8) is 0 Å². The second kappa shape index (κ2) is 3.84. The SMILES string of the molecule is FN(c1ccc(C(F)(F)F)cc1)C(F)(F)F. The molecule has 0 unspecified atom stereocenters. The van der Waals surface area contributed by atoms with E-state index in [4.69, 9.17) is 0 Å². The number of rotatable bonds is 1. The maximum Gasteiger partial charge on any atom is 0.512 e. The number of nitrogens with zero attached hydrogens (tertiary/aromatic N) is 1. The first-order valence-electron chi connectivity index (χ1n) is 3.82. The molecule has 1 rings (SSSR count). The third kappa shape index (κ3) is 2.77. The highest BCUT2D eigenvalue weighted by molar-refractivity contribution is 5.46. The zero-order chi connectivity index (χ0) is 12.6. The molecule has 0 fully saturated rings. The fourth-order valence-corrected chi connectivity index (χ4v) is 0.928. The Hall–Kier alpha value is -1.47. The van der Waals surface area contributed by atoms with E-state index in [9.17, 15) is 30.8 Å². The van der Waals surface area contributed by atoms with Crippen molar-refractivity contribution in [1.82, 2.24) is 0 Å². The molecule has 0 aromatic heterocycles. The van der Waals surface area contributed by atoms with Gasteiger partial charge in [0.15, 0.2) is 0 Å². The summed E-state index contributed by atoms with van der Waals surface area (Å²) in [5, 5.41) is -1.56. The first-order valence-corrected chi connectivity index (χ1v) is 3.82. The van der Waals surface area contributed by atoms with E-state index in [0.29, 0.717) is 24.3 Å². The van der Waals surface area contributed by atoms with Gasteiger partial charge >= 0.3 is 12.5 Å². The molecule has 8 heteroatoms. The fraction of sp³-hybridized carbons (Fsp3) is 0.250. The van der Waals surface area contributed by atoms with E-state index in [2.05, 4.69) is 0 Å². The molecule has 0 heterocycles. The van der Waals surface area contributed by atoms with Gasteiger partial charge in [-0.25, -0.2) is 0 Å². The number of benzene rings is 1. The van der Waals surface area contributed by atoms with E-state index in [-0.39, 0.29) is 0 Å². The maximum atomic E-state index is 12.5. The van der Waals surface area contributed by atoms with Gasteiger partial charge in [0.25, 0.3) is 0 Å². The Kier molecular flexibility index (Phi) is 3.02. The molecule has 0 amide bonds. The Morgan fingerprint density at radius 2 is 1.25 bits per heavy atom. The lowest BCUT2D eigenvalue weighted by Gasteiger charge is -2.17. The quantitative estimate of drug-likeness (QED) is 0.413. The number of alkyl halides is 6. The molecule has 0 atom stereocenters. The van der Waals surface area contributed by atoms with Crippen molar-refractivity contribution in [2.75, 3.05) is 5.12 Å². The summed E-state index contributed by atoms with van der Waals surface area (Å²) >= 11 is 0. The van der Waals surface area contributed by atoms with Gasteiger partial charge in [0.1, 0.15) is 0 Å². The van der Waals surface area contributed by atoms with Gasteiger partial charge in [-0.05, 0) is 24.3 Å². The van der Waals surface area contributed by atoms with Gasteiger partial charge in [-0.2, -0.15) is 13.2 Å². The van der Waals surface area contributed by atoms with Crippen molar-refractivity contribution in [2.24, 2.45) is 0 Å². The Labute approximate surface area is 85.0 Å². The van der Waals surface area contributed by atoms with Crippen LogP contribution in [0.2, 0.25) is 0 Å². The molecule has 0 radical (unpaired) electrons. The predicted molar refractivity (Wildman–Crippen MR) is 41.1 cm³/mol. The largest absolute Gasteiger partial charge is 0.512 e. The van der Waals surface area contributed by atoms with E-state index < -0.39 is 28.8 Å². The minimum absolute atomic E-state index is 0.369. The van der Waals surface area contributed by atoms with Crippen molar-refractivity contribution >= 4 is 5.69 Å². The molecule has 16 heavy (non-hydrogen) atoms. The Morgan fingerprint density at radius 3 is 1.56 bits per heavy atom. The molecule has 0 saturated heterocycles. The minimum Gasteiger partial charge on any atom is -0.166 e. The Morgan fingerprint density at radius 1 is 0.812 bits per heavy atom. The summed E-state index contributed by atoms with van der Waals surface area (Å²) in [7, 11) is 0. The summed E-state index contributed by atoms with van der Waals surface area (Å²) in [6.07, 6.45) is -9.95. The molecular formula is C8H4F7N. The van der Waals surface area contributed by atoms with Crippen LogP contribution in [0.3, 0.4) is 0 Å². The van der Waals surface area contributed by atoms with E-state index in [1.807, 2.05) is 0 Å². The molecule has 0 N–H and O–H groups in total.